The second-order valence-electron chi connectivity index (χ2n) is 7.69. The van der Waals surface area contributed by atoms with Crippen molar-refractivity contribution in [2.75, 3.05) is 13.2 Å². The van der Waals surface area contributed by atoms with Gasteiger partial charge in [-0.3, -0.25) is 19.7 Å². The second-order valence-corrected chi connectivity index (χ2v) is 7.69. The van der Waals surface area contributed by atoms with Gasteiger partial charge >= 0.3 is 24.0 Å². The molecule has 1 unspecified atom stereocenters. The Kier molecular flexibility index (Phi) is 11.8. The summed E-state index contributed by atoms with van der Waals surface area (Å²) in [5, 5.41) is 14.1. The summed E-state index contributed by atoms with van der Waals surface area (Å²) in [5.41, 5.74) is 0. The van der Waals surface area contributed by atoms with E-state index in [1.54, 1.807) is 12.2 Å². The zero-order chi connectivity index (χ0) is 22.6. The van der Waals surface area contributed by atoms with Crippen LogP contribution in [0.2, 0.25) is 0 Å². The van der Waals surface area contributed by atoms with Gasteiger partial charge in [-0.15, -0.1) is 0 Å². The Morgan fingerprint density at radius 2 is 1.73 bits per heavy atom. The molecule has 3 N–H and O–H groups in total. The average molecular weight is 438 g/mol. The fourth-order valence-electron chi connectivity index (χ4n) is 3.69. The van der Waals surface area contributed by atoms with Crippen molar-refractivity contribution in [1.82, 2.24) is 10.6 Å². The van der Waals surface area contributed by atoms with Gasteiger partial charge < -0.3 is 15.2 Å². The standard InChI is InChI=1S/C20H33F3N2O5/c1-2-30-18(28)16(12-11-14-8-4-3-5-9-14)25-15(17(26)27)10-6-7-13-24-19(29)20(21,22)23/h14-16,25H,2-13H2,1H3,(H,24,29)(H,26,27)/t15-,16?/m0/s1. The first-order valence-electron chi connectivity index (χ1n) is 10.7. The Morgan fingerprint density at radius 3 is 2.30 bits per heavy atom. The molecule has 0 heterocycles. The van der Waals surface area contributed by atoms with Crippen LogP contribution in [0.1, 0.15) is 71.1 Å². The van der Waals surface area contributed by atoms with Gasteiger partial charge in [0.15, 0.2) is 0 Å². The van der Waals surface area contributed by atoms with E-state index in [9.17, 15) is 32.7 Å². The first-order valence-corrected chi connectivity index (χ1v) is 10.7. The van der Waals surface area contributed by atoms with Crippen molar-refractivity contribution in [2.45, 2.75) is 89.4 Å². The highest BCUT2D eigenvalue weighted by Gasteiger charge is 2.38. The summed E-state index contributed by atoms with van der Waals surface area (Å²) in [6.45, 7) is 1.67. The smallest absolute Gasteiger partial charge is 0.471 e. The molecular formula is C20H33F3N2O5. The van der Waals surface area contributed by atoms with E-state index in [4.69, 9.17) is 4.74 Å². The summed E-state index contributed by atoms with van der Waals surface area (Å²) in [6.07, 6.45) is 2.74. The molecule has 0 aliphatic heterocycles. The first-order chi connectivity index (χ1) is 14.1. The SMILES string of the molecule is CCOC(=O)C(CCC1CCCCC1)N[C@@H](CCCCNC(=O)C(F)(F)F)C(=O)O. The van der Waals surface area contributed by atoms with Crippen LogP contribution in [0.4, 0.5) is 13.2 Å². The van der Waals surface area contributed by atoms with E-state index in [0.717, 1.165) is 19.3 Å². The van der Waals surface area contributed by atoms with Crippen LogP contribution in [0.3, 0.4) is 0 Å². The monoisotopic (exact) mass is 438 g/mol. The molecule has 0 radical (unpaired) electrons. The van der Waals surface area contributed by atoms with E-state index in [1.165, 1.54) is 19.3 Å². The number of hydrogen-bond donors (Lipinski definition) is 3. The van der Waals surface area contributed by atoms with Crippen molar-refractivity contribution in [2.24, 2.45) is 5.92 Å². The number of aliphatic carboxylic acids is 1. The largest absolute Gasteiger partial charge is 0.480 e. The van der Waals surface area contributed by atoms with Crippen LogP contribution in [0, 0.1) is 5.92 Å². The number of esters is 1. The Bertz CT molecular complexity index is 551. The van der Waals surface area contributed by atoms with E-state index in [2.05, 4.69) is 5.32 Å². The maximum absolute atomic E-state index is 12.3. The number of alkyl halides is 3. The lowest BCUT2D eigenvalue weighted by molar-refractivity contribution is -0.173. The van der Waals surface area contributed by atoms with E-state index in [-0.39, 0.29) is 32.4 Å². The molecule has 10 heteroatoms. The van der Waals surface area contributed by atoms with Gasteiger partial charge in [0.25, 0.3) is 0 Å². The van der Waals surface area contributed by atoms with Crippen LogP contribution in [0.5, 0.6) is 0 Å². The number of hydrogen-bond acceptors (Lipinski definition) is 5. The molecule has 1 aliphatic carbocycles. The predicted molar refractivity (Wildman–Crippen MR) is 104 cm³/mol. The highest BCUT2D eigenvalue weighted by atomic mass is 19.4. The molecule has 0 aromatic rings. The number of amides is 1. The lowest BCUT2D eigenvalue weighted by Crippen LogP contribution is -2.48. The Labute approximate surface area is 175 Å². The molecule has 0 aromatic heterocycles. The molecule has 30 heavy (non-hydrogen) atoms. The third-order valence-corrected chi connectivity index (χ3v) is 5.32. The van der Waals surface area contributed by atoms with Gasteiger partial charge in [0.05, 0.1) is 6.61 Å². The van der Waals surface area contributed by atoms with Crippen molar-refractivity contribution >= 4 is 17.8 Å². The van der Waals surface area contributed by atoms with E-state index < -0.39 is 36.1 Å². The predicted octanol–water partition coefficient (Wildman–Crippen LogP) is 3.17. The fourth-order valence-corrected chi connectivity index (χ4v) is 3.69. The number of carboxylic acids is 1. The minimum atomic E-state index is -4.93. The fraction of sp³-hybridized carbons (Fsp3) is 0.850. The maximum atomic E-state index is 12.3. The molecule has 2 atom stereocenters. The van der Waals surface area contributed by atoms with Gasteiger partial charge in [0.2, 0.25) is 0 Å². The van der Waals surface area contributed by atoms with Gasteiger partial charge in [-0.25, -0.2) is 0 Å². The number of nitrogens with one attached hydrogen (secondary N) is 2. The first kappa shape index (κ1) is 26.2. The molecule has 0 spiro atoms. The molecule has 0 bridgehead atoms. The van der Waals surface area contributed by atoms with Crippen LogP contribution in [0.25, 0.3) is 0 Å². The third-order valence-electron chi connectivity index (χ3n) is 5.32. The van der Waals surface area contributed by atoms with Crippen molar-refractivity contribution in [3.8, 4) is 0 Å². The topological polar surface area (TPSA) is 105 Å². The number of rotatable bonds is 13. The van der Waals surface area contributed by atoms with E-state index in [0.29, 0.717) is 12.3 Å². The normalized spacial score (nSPS) is 17.2. The third kappa shape index (κ3) is 10.3. The van der Waals surface area contributed by atoms with Crippen molar-refractivity contribution in [3.63, 3.8) is 0 Å². The molecular weight excluding hydrogens is 405 g/mol. The molecule has 1 aliphatic rings. The molecule has 1 rings (SSSR count). The number of carbonyl (C=O) groups excluding carboxylic acids is 2. The van der Waals surface area contributed by atoms with E-state index >= 15 is 0 Å². The summed E-state index contributed by atoms with van der Waals surface area (Å²) >= 11 is 0. The zero-order valence-electron chi connectivity index (χ0n) is 17.4. The molecule has 0 aromatic carbocycles. The van der Waals surface area contributed by atoms with Gasteiger partial charge in [0.1, 0.15) is 12.1 Å². The quantitative estimate of drug-likeness (QED) is 0.301. The molecule has 7 nitrogen and oxygen atoms in total. The second kappa shape index (κ2) is 13.5. The number of carboxylic acid groups (broad SMARTS) is 1. The number of ether oxygens (including phenoxy) is 1. The van der Waals surface area contributed by atoms with E-state index in [1.807, 2.05) is 0 Å². The van der Waals surface area contributed by atoms with Gasteiger partial charge in [-0.2, -0.15) is 13.2 Å². The van der Waals surface area contributed by atoms with Crippen molar-refractivity contribution < 1.29 is 37.4 Å². The van der Waals surface area contributed by atoms with Crippen molar-refractivity contribution in [1.29, 1.82) is 0 Å². The Hall–Kier alpha value is -1.84. The summed E-state index contributed by atoms with van der Waals surface area (Å²) in [6, 6.07) is -1.76. The van der Waals surface area contributed by atoms with Crippen molar-refractivity contribution in [3.05, 3.63) is 0 Å². The van der Waals surface area contributed by atoms with Gasteiger partial charge in [-0.1, -0.05) is 32.1 Å². The van der Waals surface area contributed by atoms with Crippen LogP contribution in [0.15, 0.2) is 0 Å². The highest BCUT2D eigenvalue weighted by Crippen LogP contribution is 2.28. The summed E-state index contributed by atoms with van der Waals surface area (Å²) in [7, 11) is 0. The maximum Gasteiger partial charge on any atom is 0.471 e. The molecule has 0 saturated heterocycles. The highest BCUT2D eigenvalue weighted by molar-refractivity contribution is 5.81. The lowest BCUT2D eigenvalue weighted by atomic mass is 9.85. The molecule has 174 valence electrons. The number of halogens is 3. The van der Waals surface area contributed by atoms with Crippen LogP contribution in [-0.4, -0.2) is 54.4 Å². The molecule has 1 amide bonds. The Morgan fingerprint density at radius 1 is 1.07 bits per heavy atom. The Balaban J connectivity index is 2.51. The molecule has 1 saturated carbocycles. The van der Waals surface area contributed by atoms with Crippen LogP contribution in [-0.2, 0) is 19.1 Å². The van der Waals surface area contributed by atoms with Gasteiger partial charge in [-0.05, 0) is 44.9 Å². The van der Waals surface area contributed by atoms with Crippen LogP contribution >= 0.6 is 0 Å². The zero-order valence-corrected chi connectivity index (χ0v) is 17.4. The minimum absolute atomic E-state index is 0.122. The number of carbonyl (C=O) groups is 3. The average Bonchev–Trinajstić information content (AvgIpc) is 2.69. The van der Waals surface area contributed by atoms with Gasteiger partial charge in [0, 0.05) is 6.54 Å². The minimum Gasteiger partial charge on any atom is -0.480 e. The molecule has 1 fully saturated rings. The van der Waals surface area contributed by atoms with Crippen LogP contribution < -0.4 is 10.6 Å². The summed E-state index contributed by atoms with van der Waals surface area (Å²) < 4.78 is 41.5. The lowest BCUT2D eigenvalue weighted by Gasteiger charge is -2.26. The number of unbranched alkanes of at least 4 members (excludes halogenated alkanes) is 1. The summed E-state index contributed by atoms with van der Waals surface area (Å²) in [5.74, 6) is -3.11. The summed E-state index contributed by atoms with van der Waals surface area (Å²) in [4.78, 5) is 34.6.